The van der Waals surface area contributed by atoms with Crippen molar-refractivity contribution in [3.05, 3.63) is 194 Å². The van der Waals surface area contributed by atoms with Gasteiger partial charge in [-0.1, -0.05) is 127 Å². The summed E-state index contributed by atoms with van der Waals surface area (Å²) in [7, 11) is 0. The molecule has 0 atom stereocenters. The minimum Gasteiger partial charge on any atom is -0.309 e. The van der Waals surface area contributed by atoms with Crippen LogP contribution in [0.5, 0.6) is 0 Å². The van der Waals surface area contributed by atoms with Gasteiger partial charge >= 0.3 is 0 Å². The van der Waals surface area contributed by atoms with Gasteiger partial charge in [-0.05, 0) is 99.9 Å². The first kappa shape index (κ1) is 12.7. The Bertz CT molecular complexity index is 4320. The molecule has 234 valence electrons. The lowest BCUT2D eigenvalue weighted by atomic mass is 9.98. The summed E-state index contributed by atoms with van der Waals surface area (Å²) in [6.45, 7) is 0. The van der Waals surface area contributed by atoms with Crippen LogP contribution < -0.4 is 0 Å². The quantitative estimate of drug-likeness (QED) is 0.174. The fourth-order valence-corrected chi connectivity index (χ4v) is 5.95. The topological polar surface area (TPSA) is 9.86 Å². The third-order valence-corrected chi connectivity index (χ3v) is 8.11. The largest absolute Gasteiger partial charge is 0.309 e. The molecule has 0 amide bonds. The number of hydrogen-bond donors (Lipinski definition) is 0. The molecule has 0 bridgehead atoms. The predicted octanol–water partition coefficient (Wildman–Crippen LogP) is 12.9. The van der Waals surface area contributed by atoms with Crippen LogP contribution in [-0.2, 0) is 0 Å². The van der Waals surface area contributed by atoms with E-state index in [2.05, 4.69) is 0 Å². The molecule has 8 aromatic carbocycles. The first-order chi connectivity index (χ1) is 35.6. The van der Waals surface area contributed by atoms with Crippen molar-refractivity contribution < 1.29 is 35.6 Å². The SMILES string of the molecule is [2H]c1cc(-c2c([2H])c(-c3c([2H])c([2H])c([2H])c([2H])c3[2H])c([2H])c(-n3c4c([2H])c([2H])c([2H])c([2H])c4c4c([2H])c(-c5c([2H])c([2H])c6c(c5[2H])c5c([2H])c([2H])c([2H])c([2H])c5n6-c5ccccc5)c([2H])c([2H])c43)c2[2H])c([2H])c([2H])c1[2H]. The van der Waals surface area contributed by atoms with E-state index in [0.717, 1.165) is 10.6 Å². The molecular weight excluding hydrogens is 605 g/mol. The molecule has 0 saturated heterocycles. The van der Waals surface area contributed by atoms with Crippen molar-refractivity contribution in [1.82, 2.24) is 9.13 Å². The third-order valence-electron chi connectivity index (χ3n) is 8.11. The first-order valence-electron chi connectivity index (χ1n) is 28.1. The molecule has 0 saturated carbocycles. The molecule has 0 N–H and O–H groups in total. The van der Waals surface area contributed by atoms with E-state index in [9.17, 15) is 15.1 Å². The minimum absolute atomic E-state index is 0.178. The molecule has 0 fully saturated rings. The Morgan fingerprint density at radius 1 is 0.300 bits per heavy atom. The van der Waals surface area contributed by atoms with Gasteiger partial charge in [-0.25, -0.2) is 0 Å². The van der Waals surface area contributed by atoms with Gasteiger partial charge in [0.2, 0.25) is 0 Å². The van der Waals surface area contributed by atoms with Gasteiger partial charge < -0.3 is 9.13 Å². The minimum atomic E-state index is -1.04. The summed E-state index contributed by atoms with van der Waals surface area (Å²) < 4.78 is 238. The second-order valence-electron chi connectivity index (χ2n) is 11.0. The number of aromatic nitrogens is 2. The molecule has 0 aliphatic carbocycles. The average molecular weight is 663 g/mol. The van der Waals surface area contributed by atoms with E-state index in [-0.39, 0.29) is 27.5 Å². The number of nitrogens with zero attached hydrogens (tertiary/aromatic N) is 2. The fourth-order valence-electron chi connectivity index (χ4n) is 5.95. The molecule has 2 aromatic heterocycles. The molecule has 2 heteroatoms. The number of para-hydroxylation sites is 3. The van der Waals surface area contributed by atoms with Gasteiger partial charge in [0.1, 0.15) is 0 Å². The molecule has 50 heavy (non-hydrogen) atoms. The van der Waals surface area contributed by atoms with Crippen LogP contribution in [0.4, 0.5) is 0 Å². The Hall–Kier alpha value is -6.64. The number of fused-ring (bicyclic) bond motifs is 6. The zero-order valence-electron chi connectivity index (χ0n) is 51.4. The molecule has 10 rings (SSSR count). The lowest BCUT2D eigenvalue weighted by Gasteiger charge is -2.14. The Kier molecular flexibility index (Phi) is 2.92. The van der Waals surface area contributed by atoms with E-state index < -0.39 is 218 Å². The van der Waals surface area contributed by atoms with Crippen LogP contribution in [-0.4, -0.2) is 9.13 Å². The number of rotatable bonds is 5. The van der Waals surface area contributed by atoms with E-state index in [1.807, 2.05) is 0 Å². The fraction of sp³-hybridized carbons (Fsp3) is 0. The molecule has 0 spiro atoms. The van der Waals surface area contributed by atoms with Crippen molar-refractivity contribution in [2.45, 2.75) is 0 Å². The third kappa shape index (κ3) is 4.57. The number of benzene rings is 8. The lowest BCUT2D eigenvalue weighted by Crippen LogP contribution is -1.96. The molecular formula is C48H32N2. The average Bonchev–Trinajstić information content (AvgIpc) is 3.99. The summed E-state index contributed by atoms with van der Waals surface area (Å²) in [5.74, 6) is 0. The van der Waals surface area contributed by atoms with Crippen LogP contribution in [0.2, 0.25) is 0 Å². The Morgan fingerprint density at radius 2 is 0.800 bits per heavy atom. The van der Waals surface area contributed by atoms with Gasteiger partial charge in [-0.15, -0.1) is 0 Å². The van der Waals surface area contributed by atoms with E-state index in [4.69, 9.17) is 20.6 Å². The second kappa shape index (κ2) is 11.5. The van der Waals surface area contributed by atoms with Crippen LogP contribution in [0.3, 0.4) is 0 Å². The summed E-state index contributed by atoms with van der Waals surface area (Å²) >= 11 is 0. The smallest absolute Gasteiger partial charge is 0.0651 e. The predicted molar refractivity (Wildman–Crippen MR) is 211 cm³/mol. The van der Waals surface area contributed by atoms with Gasteiger partial charge in [0.15, 0.2) is 0 Å². The van der Waals surface area contributed by atoms with E-state index in [0.29, 0.717) is 0 Å². The maximum atomic E-state index is 9.95. The van der Waals surface area contributed by atoms with Crippen LogP contribution in [0.1, 0.15) is 35.6 Å². The maximum Gasteiger partial charge on any atom is 0.0651 e. The van der Waals surface area contributed by atoms with E-state index >= 15 is 0 Å². The van der Waals surface area contributed by atoms with E-state index in [1.165, 1.54) is 4.57 Å². The molecule has 0 radical (unpaired) electrons. The van der Waals surface area contributed by atoms with Crippen LogP contribution >= 0.6 is 0 Å². The summed E-state index contributed by atoms with van der Waals surface area (Å²) in [5.41, 5.74) is -6.71. The standard InChI is InChI=1S/C48H32N2/c1-4-14-33(15-5-1)37-28-38(34-16-6-2-7-17-34)30-40(29-37)50-46-23-13-11-21-42(46)44-32-36(25-27-48(44)50)35-24-26-47-43(31-35)41-20-10-12-22-45(41)49(47)39-18-8-3-9-19-39/h1-32H/i1D,2D,4D,5D,6D,7D,10D,11D,12D,13D,14D,15D,16D,20D,21D,22D,23D,24D,25D,26D,27D,28D,29D,30D,31D,32D. The van der Waals surface area contributed by atoms with Crippen molar-refractivity contribution in [2.75, 3.05) is 0 Å². The summed E-state index contributed by atoms with van der Waals surface area (Å²) in [6.07, 6.45) is 0. The highest BCUT2D eigenvalue weighted by Gasteiger charge is 2.17. The zero-order chi connectivity index (χ0) is 55.6. The van der Waals surface area contributed by atoms with E-state index in [1.54, 1.807) is 30.3 Å². The van der Waals surface area contributed by atoms with Gasteiger partial charge in [-0.2, -0.15) is 0 Å². The molecule has 0 aliphatic heterocycles. The number of hydrogen-bond acceptors (Lipinski definition) is 0. The molecule has 10 aromatic rings. The van der Waals surface area contributed by atoms with Crippen molar-refractivity contribution in [2.24, 2.45) is 0 Å². The molecule has 0 aliphatic rings. The van der Waals surface area contributed by atoms with Crippen LogP contribution in [0, 0.1) is 0 Å². The molecule has 2 heterocycles. The lowest BCUT2D eigenvalue weighted by molar-refractivity contribution is 1.18. The van der Waals surface area contributed by atoms with Gasteiger partial charge in [-0.3, -0.25) is 0 Å². The summed E-state index contributed by atoms with van der Waals surface area (Å²) in [4.78, 5) is 0. The Balaban J connectivity index is 1.45. The van der Waals surface area contributed by atoms with Gasteiger partial charge in [0.05, 0.1) is 57.7 Å². The van der Waals surface area contributed by atoms with Crippen molar-refractivity contribution >= 4 is 43.6 Å². The van der Waals surface area contributed by atoms with Crippen molar-refractivity contribution in [1.29, 1.82) is 0 Å². The van der Waals surface area contributed by atoms with Crippen molar-refractivity contribution in [3.8, 4) is 44.8 Å². The normalized spacial score (nSPS) is 18.9. The van der Waals surface area contributed by atoms with Gasteiger partial charge in [0.25, 0.3) is 0 Å². The van der Waals surface area contributed by atoms with Crippen molar-refractivity contribution in [3.63, 3.8) is 0 Å². The first-order valence-corrected chi connectivity index (χ1v) is 15.1. The summed E-state index contributed by atoms with van der Waals surface area (Å²) in [6, 6.07) is -13.2. The highest BCUT2D eigenvalue weighted by atomic mass is 15.0. The monoisotopic (exact) mass is 662 g/mol. The summed E-state index contributed by atoms with van der Waals surface area (Å²) in [5, 5.41) is -1.78. The molecule has 0 unspecified atom stereocenters. The zero-order valence-corrected chi connectivity index (χ0v) is 25.4. The van der Waals surface area contributed by atoms with Crippen LogP contribution in [0.25, 0.3) is 88.4 Å². The Labute approximate surface area is 327 Å². The van der Waals surface area contributed by atoms with Gasteiger partial charge in [0, 0.05) is 32.9 Å². The Morgan fingerprint density at radius 3 is 1.44 bits per heavy atom. The highest BCUT2D eigenvalue weighted by molar-refractivity contribution is 6.12. The van der Waals surface area contributed by atoms with Crippen LogP contribution in [0.15, 0.2) is 194 Å². The maximum absolute atomic E-state index is 9.95. The highest BCUT2D eigenvalue weighted by Crippen LogP contribution is 2.39. The second-order valence-corrected chi connectivity index (χ2v) is 11.0. The molecule has 2 nitrogen and oxygen atoms in total.